The van der Waals surface area contributed by atoms with Crippen LogP contribution >= 0.6 is 0 Å². The Balaban J connectivity index is 1.86. The molecular formula is C12H23N. The second kappa shape index (κ2) is 4.00. The number of rotatable bonds is 1. The second-order valence-corrected chi connectivity index (χ2v) is 5.28. The van der Waals surface area contributed by atoms with E-state index in [0.717, 1.165) is 17.8 Å². The first-order valence-corrected chi connectivity index (χ1v) is 6.03. The summed E-state index contributed by atoms with van der Waals surface area (Å²) in [7, 11) is 0. The summed E-state index contributed by atoms with van der Waals surface area (Å²) in [6, 6.07) is 0.540. The van der Waals surface area contributed by atoms with E-state index >= 15 is 0 Å². The van der Waals surface area contributed by atoms with Crippen LogP contribution in [0.5, 0.6) is 0 Å². The number of nitrogens with two attached hydrogens (primary N) is 1. The van der Waals surface area contributed by atoms with E-state index in [1.807, 2.05) is 0 Å². The molecule has 0 heterocycles. The van der Waals surface area contributed by atoms with E-state index in [1.165, 1.54) is 44.9 Å². The van der Waals surface area contributed by atoms with Gasteiger partial charge in [-0.25, -0.2) is 0 Å². The van der Waals surface area contributed by atoms with Crippen LogP contribution in [0.15, 0.2) is 0 Å². The third-order valence-electron chi connectivity index (χ3n) is 4.29. The molecule has 0 aliphatic heterocycles. The van der Waals surface area contributed by atoms with Gasteiger partial charge >= 0.3 is 0 Å². The largest absolute Gasteiger partial charge is 0.327 e. The summed E-state index contributed by atoms with van der Waals surface area (Å²) in [5.74, 6) is 2.84. The predicted octanol–water partition coefficient (Wildman–Crippen LogP) is 2.94. The topological polar surface area (TPSA) is 26.0 Å². The summed E-state index contributed by atoms with van der Waals surface area (Å²) < 4.78 is 0. The van der Waals surface area contributed by atoms with Crippen LogP contribution in [0.4, 0.5) is 0 Å². The lowest BCUT2D eigenvalue weighted by Crippen LogP contribution is -2.32. The average molecular weight is 181 g/mol. The molecule has 13 heavy (non-hydrogen) atoms. The Labute approximate surface area is 82.1 Å². The summed E-state index contributed by atoms with van der Waals surface area (Å²) in [5.41, 5.74) is 6.14. The quantitative estimate of drug-likeness (QED) is 0.661. The molecule has 2 fully saturated rings. The van der Waals surface area contributed by atoms with Crippen molar-refractivity contribution in [2.75, 3.05) is 0 Å². The van der Waals surface area contributed by atoms with Crippen molar-refractivity contribution in [2.24, 2.45) is 23.5 Å². The van der Waals surface area contributed by atoms with Crippen LogP contribution in [-0.4, -0.2) is 6.04 Å². The highest BCUT2D eigenvalue weighted by atomic mass is 14.7. The smallest absolute Gasteiger partial charge is 0.00698 e. The SMILES string of the molecule is CC1CCC(C2CCCC2N)CC1. The maximum Gasteiger partial charge on any atom is 0.00698 e. The van der Waals surface area contributed by atoms with E-state index in [-0.39, 0.29) is 0 Å². The molecule has 0 amide bonds. The molecule has 2 unspecified atom stereocenters. The molecule has 0 radical (unpaired) electrons. The van der Waals surface area contributed by atoms with E-state index < -0.39 is 0 Å². The van der Waals surface area contributed by atoms with Crippen molar-refractivity contribution in [3.63, 3.8) is 0 Å². The third kappa shape index (κ3) is 2.07. The van der Waals surface area contributed by atoms with Crippen LogP contribution in [0.1, 0.15) is 51.9 Å². The summed E-state index contributed by atoms with van der Waals surface area (Å²) >= 11 is 0. The Bertz CT molecular complexity index is 159. The molecule has 0 aromatic rings. The van der Waals surface area contributed by atoms with Gasteiger partial charge in [-0.1, -0.05) is 26.2 Å². The normalized spacial score (nSPS) is 46.6. The molecule has 2 rings (SSSR count). The van der Waals surface area contributed by atoms with Gasteiger partial charge in [0.2, 0.25) is 0 Å². The molecule has 2 saturated carbocycles. The molecule has 0 spiro atoms. The van der Waals surface area contributed by atoms with Crippen molar-refractivity contribution in [2.45, 2.75) is 57.9 Å². The molecule has 2 N–H and O–H groups in total. The molecule has 0 saturated heterocycles. The summed E-state index contributed by atoms with van der Waals surface area (Å²) in [6.07, 6.45) is 9.91. The van der Waals surface area contributed by atoms with Gasteiger partial charge in [-0.15, -0.1) is 0 Å². The van der Waals surface area contributed by atoms with Gasteiger partial charge in [0.1, 0.15) is 0 Å². The zero-order chi connectivity index (χ0) is 9.26. The fraction of sp³-hybridized carbons (Fsp3) is 1.00. The van der Waals surface area contributed by atoms with Crippen LogP contribution in [0, 0.1) is 17.8 Å². The maximum atomic E-state index is 6.14. The fourth-order valence-corrected chi connectivity index (χ4v) is 3.32. The lowest BCUT2D eigenvalue weighted by Gasteiger charge is -2.32. The van der Waals surface area contributed by atoms with Gasteiger partial charge in [-0.2, -0.15) is 0 Å². The van der Waals surface area contributed by atoms with Gasteiger partial charge in [0.25, 0.3) is 0 Å². The van der Waals surface area contributed by atoms with Crippen molar-refractivity contribution in [1.29, 1.82) is 0 Å². The first-order chi connectivity index (χ1) is 6.27. The fourth-order valence-electron chi connectivity index (χ4n) is 3.32. The van der Waals surface area contributed by atoms with Gasteiger partial charge in [-0.05, 0) is 43.4 Å². The number of hydrogen-bond acceptors (Lipinski definition) is 1. The van der Waals surface area contributed by atoms with Crippen molar-refractivity contribution < 1.29 is 0 Å². The van der Waals surface area contributed by atoms with Gasteiger partial charge in [-0.3, -0.25) is 0 Å². The molecule has 1 nitrogen and oxygen atoms in total. The summed E-state index contributed by atoms with van der Waals surface area (Å²) in [6.45, 7) is 2.39. The van der Waals surface area contributed by atoms with Crippen LogP contribution in [-0.2, 0) is 0 Å². The van der Waals surface area contributed by atoms with Gasteiger partial charge in [0.05, 0.1) is 0 Å². The number of hydrogen-bond donors (Lipinski definition) is 1. The zero-order valence-electron chi connectivity index (χ0n) is 8.84. The Morgan fingerprint density at radius 3 is 2.15 bits per heavy atom. The lowest BCUT2D eigenvalue weighted by atomic mass is 9.75. The first-order valence-electron chi connectivity index (χ1n) is 6.03. The van der Waals surface area contributed by atoms with Crippen molar-refractivity contribution >= 4 is 0 Å². The van der Waals surface area contributed by atoms with Crippen molar-refractivity contribution in [3.05, 3.63) is 0 Å². The van der Waals surface area contributed by atoms with Crippen LogP contribution in [0.25, 0.3) is 0 Å². The van der Waals surface area contributed by atoms with Crippen molar-refractivity contribution in [3.8, 4) is 0 Å². The van der Waals surface area contributed by atoms with Crippen LogP contribution in [0.3, 0.4) is 0 Å². The Morgan fingerprint density at radius 1 is 0.923 bits per heavy atom. The minimum Gasteiger partial charge on any atom is -0.327 e. The van der Waals surface area contributed by atoms with E-state index in [4.69, 9.17) is 5.73 Å². The van der Waals surface area contributed by atoms with E-state index in [9.17, 15) is 0 Å². The van der Waals surface area contributed by atoms with Gasteiger partial charge in [0, 0.05) is 6.04 Å². The molecular weight excluding hydrogens is 158 g/mol. The minimum absolute atomic E-state index is 0.540. The molecule has 0 aromatic carbocycles. The highest BCUT2D eigenvalue weighted by Crippen LogP contribution is 2.40. The highest BCUT2D eigenvalue weighted by molar-refractivity contribution is 4.87. The third-order valence-corrected chi connectivity index (χ3v) is 4.29. The van der Waals surface area contributed by atoms with Crippen LogP contribution in [0.2, 0.25) is 0 Å². The van der Waals surface area contributed by atoms with Crippen LogP contribution < -0.4 is 5.73 Å². The Morgan fingerprint density at radius 2 is 1.62 bits per heavy atom. The lowest BCUT2D eigenvalue weighted by molar-refractivity contribution is 0.202. The predicted molar refractivity (Wildman–Crippen MR) is 56.4 cm³/mol. The standard InChI is InChI=1S/C12H23N/c1-9-5-7-10(8-6-9)11-3-2-4-12(11)13/h9-12H,2-8,13H2,1H3. The molecule has 1 heteroatoms. The van der Waals surface area contributed by atoms with E-state index in [0.29, 0.717) is 6.04 Å². The molecule has 2 atom stereocenters. The molecule has 2 aliphatic rings. The summed E-state index contributed by atoms with van der Waals surface area (Å²) in [4.78, 5) is 0. The van der Waals surface area contributed by atoms with Gasteiger partial charge in [0.15, 0.2) is 0 Å². The molecule has 2 aliphatic carbocycles. The Hall–Kier alpha value is -0.0400. The summed E-state index contributed by atoms with van der Waals surface area (Å²) in [5, 5.41) is 0. The molecule has 76 valence electrons. The Kier molecular flexibility index (Phi) is 2.92. The highest BCUT2D eigenvalue weighted by Gasteiger charge is 2.32. The van der Waals surface area contributed by atoms with E-state index in [1.54, 1.807) is 0 Å². The van der Waals surface area contributed by atoms with Crippen molar-refractivity contribution in [1.82, 2.24) is 0 Å². The minimum atomic E-state index is 0.540. The maximum absolute atomic E-state index is 6.14. The second-order valence-electron chi connectivity index (χ2n) is 5.28. The first kappa shape index (κ1) is 9.51. The average Bonchev–Trinajstić information content (AvgIpc) is 2.53. The molecule has 0 bridgehead atoms. The van der Waals surface area contributed by atoms with E-state index in [2.05, 4.69) is 6.92 Å². The zero-order valence-corrected chi connectivity index (χ0v) is 8.84. The van der Waals surface area contributed by atoms with Gasteiger partial charge < -0.3 is 5.73 Å². The molecule has 0 aromatic heterocycles. The monoisotopic (exact) mass is 181 g/mol.